The molecule has 0 nitrogen and oxygen atoms in total. The maximum atomic E-state index is 2.37. The standard InChI is InChI=1S/C14H20S/c1-11(2)13-9-6-10-14(13)15-12-7-4-3-5-8-12/h3-5,7-8,11,13-14H,6,9-10H2,1-2H3/t13-,14+/m0/s1. The molecule has 15 heavy (non-hydrogen) atoms. The predicted octanol–water partition coefficient (Wildman–Crippen LogP) is 4.60. The summed E-state index contributed by atoms with van der Waals surface area (Å²) in [5, 5.41) is 0.854. The molecule has 2 atom stereocenters. The lowest BCUT2D eigenvalue weighted by atomic mass is 9.94. The van der Waals surface area contributed by atoms with Crippen molar-refractivity contribution in [3.63, 3.8) is 0 Å². The Balaban J connectivity index is 2.00. The molecule has 0 N–H and O–H groups in total. The molecular weight excluding hydrogens is 200 g/mol. The van der Waals surface area contributed by atoms with Gasteiger partial charge in [0.25, 0.3) is 0 Å². The van der Waals surface area contributed by atoms with Gasteiger partial charge in [0.05, 0.1) is 0 Å². The zero-order chi connectivity index (χ0) is 10.7. The van der Waals surface area contributed by atoms with Crippen molar-refractivity contribution in [2.45, 2.75) is 43.3 Å². The number of benzene rings is 1. The highest BCUT2D eigenvalue weighted by Gasteiger charge is 2.29. The van der Waals surface area contributed by atoms with E-state index in [2.05, 4.69) is 55.9 Å². The lowest BCUT2D eigenvalue weighted by molar-refractivity contribution is 0.404. The van der Waals surface area contributed by atoms with Gasteiger partial charge in [-0.1, -0.05) is 38.5 Å². The molecule has 2 rings (SSSR count). The lowest BCUT2D eigenvalue weighted by Gasteiger charge is -2.22. The number of rotatable bonds is 3. The lowest BCUT2D eigenvalue weighted by Crippen LogP contribution is -2.15. The van der Waals surface area contributed by atoms with Crippen LogP contribution in [-0.4, -0.2) is 5.25 Å². The van der Waals surface area contributed by atoms with E-state index < -0.39 is 0 Å². The molecule has 1 fully saturated rings. The summed E-state index contributed by atoms with van der Waals surface area (Å²) in [7, 11) is 0. The second-order valence-corrected chi connectivity index (χ2v) is 6.12. The van der Waals surface area contributed by atoms with E-state index in [0.717, 1.165) is 17.1 Å². The van der Waals surface area contributed by atoms with Gasteiger partial charge < -0.3 is 0 Å². The first-order chi connectivity index (χ1) is 7.27. The van der Waals surface area contributed by atoms with E-state index in [1.54, 1.807) is 0 Å². The summed E-state index contributed by atoms with van der Waals surface area (Å²) < 4.78 is 0. The molecule has 0 spiro atoms. The van der Waals surface area contributed by atoms with E-state index in [1.165, 1.54) is 24.2 Å². The summed E-state index contributed by atoms with van der Waals surface area (Å²) in [6.07, 6.45) is 4.26. The SMILES string of the molecule is CC(C)[C@@H]1CCC[C@H]1Sc1ccccc1. The van der Waals surface area contributed by atoms with Crippen LogP contribution in [0.5, 0.6) is 0 Å². The molecule has 0 aromatic heterocycles. The van der Waals surface area contributed by atoms with Crippen LogP contribution in [0.1, 0.15) is 33.1 Å². The third-order valence-corrected chi connectivity index (χ3v) is 4.82. The van der Waals surface area contributed by atoms with Gasteiger partial charge in [-0.3, -0.25) is 0 Å². The second kappa shape index (κ2) is 5.07. The molecule has 82 valence electrons. The largest absolute Gasteiger partial charge is 0.122 e. The first-order valence-corrected chi connectivity index (χ1v) is 6.87. The number of hydrogen-bond acceptors (Lipinski definition) is 1. The van der Waals surface area contributed by atoms with Gasteiger partial charge in [-0.15, -0.1) is 11.8 Å². The number of thioether (sulfide) groups is 1. The molecule has 0 aliphatic heterocycles. The van der Waals surface area contributed by atoms with Crippen molar-refractivity contribution in [1.29, 1.82) is 0 Å². The monoisotopic (exact) mass is 220 g/mol. The van der Waals surface area contributed by atoms with Gasteiger partial charge in [-0.25, -0.2) is 0 Å². The molecule has 0 unspecified atom stereocenters. The Morgan fingerprint density at radius 2 is 1.87 bits per heavy atom. The van der Waals surface area contributed by atoms with Gasteiger partial charge in [0.15, 0.2) is 0 Å². The topological polar surface area (TPSA) is 0 Å². The van der Waals surface area contributed by atoms with Gasteiger partial charge in [-0.2, -0.15) is 0 Å². The molecule has 1 aromatic rings. The highest BCUT2D eigenvalue weighted by molar-refractivity contribution is 8.00. The highest BCUT2D eigenvalue weighted by atomic mass is 32.2. The highest BCUT2D eigenvalue weighted by Crippen LogP contribution is 2.42. The fourth-order valence-corrected chi connectivity index (χ4v) is 4.11. The van der Waals surface area contributed by atoms with Crippen molar-refractivity contribution in [3.8, 4) is 0 Å². The molecule has 0 saturated heterocycles. The quantitative estimate of drug-likeness (QED) is 0.717. The third-order valence-electron chi connectivity index (χ3n) is 3.39. The molecule has 0 amide bonds. The van der Waals surface area contributed by atoms with E-state index in [4.69, 9.17) is 0 Å². The van der Waals surface area contributed by atoms with E-state index in [1.807, 2.05) is 0 Å². The molecule has 1 saturated carbocycles. The summed E-state index contributed by atoms with van der Waals surface area (Å²) >= 11 is 2.09. The van der Waals surface area contributed by atoms with E-state index in [-0.39, 0.29) is 0 Å². The van der Waals surface area contributed by atoms with Crippen LogP contribution in [0.2, 0.25) is 0 Å². The molecule has 0 bridgehead atoms. The van der Waals surface area contributed by atoms with E-state index in [0.29, 0.717) is 0 Å². The zero-order valence-electron chi connectivity index (χ0n) is 9.65. The van der Waals surface area contributed by atoms with Gasteiger partial charge in [0.2, 0.25) is 0 Å². The average Bonchev–Trinajstić information content (AvgIpc) is 2.67. The summed E-state index contributed by atoms with van der Waals surface area (Å²) in [6.45, 7) is 4.74. The van der Waals surface area contributed by atoms with Crippen molar-refractivity contribution < 1.29 is 0 Å². The smallest absolute Gasteiger partial charge is 0.0125 e. The molecule has 1 aliphatic rings. The minimum absolute atomic E-state index is 0.841. The Morgan fingerprint density at radius 1 is 1.13 bits per heavy atom. The van der Waals surface area contributed by atoms with Crippen LogP contribution < -0.4 is 0 Å². The molecule has 1 aliphatic carbocycles. The summed E-state index contributed by atoms with van der Waals surface area (Å²) in [6, 6.07) is 10.8. The third kappa shape index (κ3) is 2.78. The van der Waals surface area contributed by atoms with Crippen LogP contribution in [0.15, 0.2) is 35.2 Å². The first kappa shape index (κ1) is 11.1. The summed E-state index contributed by atoms with van der Waals surface area (Å²) in [5.74, 6) is 1.77. The Labute approximate surface area is 97.5 Å². The van der Waals surface area contributed by atoms with Gasteiger partial charge in [0, 0.05) is 10.1 Å². The van der Waals surface area contributed by atoms with Crippen LogP contribution in [-0.2, 0) is 0 Å². The average molecular weight is 220 g/mol. The Hall–Kier alpha value is -0.430. The zero-order valence-corrected chi connectivity index (χ0v) is 10.5. The van der Waals surface area contributed by atoms with Gasteiger partial charge in [0.1, 0.15) is 0 Å². The second-order valence-electron chi connectivity index (χ2n) is 4.81. The van der Waals surface area contributed by atoms with Crippen molar-refractivity contribution in [1.82, 2.24) is 0 Å². The van der Waals surface area contributed by atoms with Crippen molar-refractivity contribution in [2.24, 2.45) is 11.8 Å². The first-order valence-electron chi connectivity index (χ1n) is 5.99. The maximum Gasteiger partial charge on any atom is 0.0125 e. The van der Waals surface area contributed by atoms with Crippen molar-refractivity contribution in [2.75, 3.05) is 0 Å². The van der Waals surface area contributed by atoms with Crippen LogP contribution in [0.25, 0.3) is 0 Å². The Kier molecular flexibility index (Phi) is 3.74. The van der Waals surface area contributed by atoms with Crippen LogP contribution in [0, 0.1) is 11.8 Å². The van der Waals surface area contributed by atoms with E-state index >= 15 is 0 Å². The van der Waals surface area contributed by atoms with Crippen LogP contribution in [0.4, 0.5) is 0 Å². The van der Waals surface area contributed by atoms with Crippen LogP contribution in [0.3, 0.4) is 0 Å². The van der Waals surface area contributed by atoms with Crippen LogP contribution >= 0.6 is 11.8 Å². The predicted molar refractivity (Wildman–Crippen MR) is 68.3 cm³/mol. The van der Waals surface area contributed by atoms with E-state index in [9.17, 15) is 0 Å². The summed E-state index contributed by atoms with van der Waals surface area (Å²) in [4.78, 5) is 1.44. The number of hydrogen-bond donors (Lipinski definition) is 0. The Morgan fingerprint density at radius 3 is 2.53 bits per heavy atom. The fourth-order valence-electron chi connectivity index (χ4n) is 2.54. The Bertz CT molecular complexity index is 291. The van der Waals surface area contributed by atoms with Gasteiger partial charge in [-0.05, 0) is 36.8 Å². The molecule has 1 heteroatoms. The molecule has 0 radical (unpaired) electrons. The van der Waals surface area contributed by atoms with Crippen molar-refractivity contribution in [3.05, 3.63) is 30.3 Å². The minimum atomic E-state index is 0.841. The van der Waals surface area contributed by atoms with Gasteiger partial charge >= 0.3 is 0 Å². The fraction of sp³-hybridized carbons (Fsp3) is 0.571. The molecule has 1 aromatic carbocycles. The molecule has 0 heterocycles. The maximum absolute atomic E-state index is 2.37. The molecular formula is C14H20S. The summed E-state index contributed by atoms with van der Waals surface area (Å²) in [5.41, 5.74) is 0. The van der Waals surface area contributed by atoms with Crippen molar-refractivity contribution >= 4 is 11.8 Å². The normalized spacial score (nSPS) is 26.1. The minimum Gasteiger partial charge on any atom is -0.122 e.